The van der Waals surface area contributed by atoms with Crippen LogP contribution < -0.4 is 0 Å². The number of benzene rings is 8. The maximum atomic E-state index is 7.13. The number of fused-ring (bicyclic) bond motifs is 11. The predicted molar refractivity (Wildman–Crippen MR) is 234 cm³/mol. The maximum Gasteiger partial charge on any atom is 0.160 e. The molecule has 12 rings (SSSR count). The van der Waals surface area contributed by atoms with Crippen molar-refractivity contribution in [3.63, 3.8) is 0 Å². The fraction of sp³-hybridized carbons (Fsp3) is 0. The Morgan fingerprint density at radius 3 is 1.32 bits per heavy atom. The summed E-state index contributed by atoms with van der Waals surface area (Å²) in [5.41, 5.74) is 13.3. The van der Waals surface area contributed by atoms with Gasteiger partial charge in [-0.3, -0.25) is 0 Å². The minimum Gasteiger partial charge on any atom is -0.455 e. The highest BCUT2D eigenvalue weighted by Crippen LogP contribution is 2.45. The fourth-order valence-electron chi connectivity index (χ4n) is 8.78. The van der Waals surface area contributed by atoms with Gasteiger partial charge in [0.2, 0.25) is 0 Å². The van der Waals surface area contributed by atoms with Crippen LogP contribution >= 0.6 is 0 Å². The first-order valence-electron chi connectivity index (χ1n) is 19.3. The summed E-state index contributed by atoms with van der Waals surface area (Å²) in [6, 6.07) is 68.1. The first-order valence-corrected chi connectivity index (χ1v) is 19.3. The van der Waals surface area contributed by atoms with Gasteiger partial charge in [-0.05, 0) is 66.7 Å². The average Bonchev–Trinajstić information content (AvgIpc) is 3.95. The van der Waals surface area contributed by atoms with Gasteiger partial charge in [0.15, 0.2) is 5.82 Å². The molecule has 0 N–H and O–H groups in total. The van der Waals surface area contributed by atoms with Crippen molar-refractivity contribution >= 4 is 65.6 Å². The Labute approximate surface area is 327 Å². The molecule has 0 aliphatic carbocycles. The lowest BCUT2D eigenvalue weighted by molar-refractivity contribution is 0.677. The van der Waals surface area contributed by atoms with E-state index >= 15 is 0 Å². The van der Waals surface area contributed by atoms with E-state index in [0.717, 1.165) is 99.6 Å². The van der Waals surface area contributed by atoms with Gasteiger partial charge in [-0.1, -0.05) is 127 Å². The van der Waals surface area contributed by atoms with Crippen molar-refractivity contribution in [2.45, 2.75) is 0 Å². The fourth-order valence-corrected chi connectivity index (χ4v) is 8.78. The van der Waals surface area contributed by atoms with Crippen LogP contribution in [0.3, 0.4) is 0 Å². The number of para-hydroxylation sites is 3. The molecule has 0 radical (unpaired) electrons. The molecule has 5 nitrogen and oxygen atoms in total. The number of rotatable bonds is 5. The lowest BCUT2D eigenvalue weighted by atomic mass is 10.1. The van der Waals surface area contributed by atoms with E-state index in [0.29, 0.717) is 5.82 Å². The molecule has 0 aliphatic rings. The van der Waals surface area contributed by atoms with E-state index in [4.69, 9.17) is 14.4 Å². The zero-order chi connectivity index (χ0) is 37.5. The molecule has 0 amide bonds. The van der Waals surface area contributed by atoms with Crippen molar-refractivity contribution < 1.29 is 4.42 Å². The smallest absolute Gasteiger partial charge is 0.160 e. The lowest BCUT2D eigenvalue weighted by Crippen LogP contribution is -1.97. The Morgan fingerprint density at radius 1 is 0.333 bits per heavy atom. The van der Waals surface area contributed by atoms with Gasteiger partial charge in [0.05, 0.1) is 44.2 Å². The summed E-state index contributed by atoms with van der Waals surface area (Å²) in [4.78, 5) is 10.1. The number of furan rings is 1. The van der Waals surface area contributed by atoms with E-state index in [2.05, 4.69) is 167 Å². The lowest BCUT2D eigenvalue weighted by Gasteiger charge is -2.11. The van der Waals surface area contributed by atoms with E-state index in [-0.39, 0.29) is 0 Å². The second kappa shape index (κ2) is 12.4. The molecule has 0 bridgehead atoms. The monoisotopic (exact) mass is 728 g/mol. The van der Waals surface area contributed by atoms with Crippen molar-refractivity contribution in [1.29, 1.82) is 0 Å². The molecule has 0 atom stereocenters. The van der Waals surface area contributed by atoms with Gasteiger partial charge in [0.1, 0.15) is 11.2 Å². The highest BCUT2D eigenvalue weighted by Gasteiger charge is 2.22. The van der Waals surface area contributed by atoms with Crippen molar-refractivity contribution in [2.75, 3.05) is 0 Å². The molecular formula is C52H32N4O. The van der Waals surface area contributed by atoms with Crippen LogP contribution in [0, 0.1) is 0 Å². The van der Waals surface area contributed by atoms with Crippen molar-refractivity contribution in [3.05, 3.63) is 194 Å². The van der Waals surface area contributed by atoms with Crippen molar-refractivity contribution in [1.82, 2.24) is 19.1 Å². The molecule has 0 fully saturated rings. The summed E-state index contributed by atoms with van der Waals surface area (Å²) in [6.07, 6.45) is 0. The van der Waals surface area contributed by atoms with Gasteiger partial charge >= 0.3 is 0 Å². The molecule has 0 saturated heterocycles. The van der Waals surface area contributed by atoms with Crippen LogP contribution in [-0.4, -0.2) is 19.1 Å². The third-order valence-electron chi connectivity index (χ3n) is 11.3. The molecule has 0 aliphatic heterocycles. The highest BCUT2D eigenvalue weighted by molar-refractivity contribution is 6.29. The van der Waals surface area contributed by atoms with Crippen molar-refractivity contribution in [2.24, 2.45) is 0 Å². The second-order valence-corrected chi connectivity index (χ2v) is 14.6. The summed E-state index contributed by atoms with van der Waals surface area (Å²) in [7, 11) is 0. The number of hydrogen-bond acceptors (Lipinski definition) is 3. The van der Waals surface area contributed by atoms with Gasteiger partial charge in [-0.2, -0.15) is 0 Å². The third kappa shape index (κ3) is 4.82. The van der Waals surface area contributed by atoms with Crippen molar-refractivity contribution in [3.8, 4) is 45.3 Å². The summed E-state index contributed by atoms with van der Waals surface area (Å²) in [6.45, 7) is 0. The maximum absolute atomic E-state index is 7.13. The predicted octanol–water partition coefficient (Wildman–Crippen LogP) is 13.6. The molecule has 57 heavy (non-hydrogen) atoms. The van der Waals surface area contributed by atoms with Gasteiger partial charge in [0.25, 0.3) is 0 Å². The van der Waals surface area contributed by atoms with Crippen LogP contribution in [0.1, 0.15) is 0 Å². The number of aromatic nitrogens is 4. The standard InChI is InChI=1S/C52H32N4O/c1-4-14-33(15-5-1)42-32-43(54-52(53-42)35-16-6-2-7-17-35)34-24-26-37(27-25-34)56-45-23-13-11-21-41(45)49-47(56)31-29-39-38-28-30-46-48(50(38)57-51(39)49)40-20-10-12-22-44(40)55(46)36-18-8-3-9-19-36/h1-32H. The quantitative estimate of drug-likeness (QED) is 0.177. The van der Waals surface area contributed by atoms with Gasteiger partial charge in [-0.25, -0.2) is 9.97 Å². The molecule has 8 aromatic carbocycles. The molecule has 4 aromatic heterocycles. The topological polar surface area (TPSA) is 48.8 Å². The SMILES string of the molecule is c1ccc(-c2cc(-c3ccc(-n4c5ccccc5c5c6oc7c(ccc8c7c7ccccc7n8-c7ccccc7)c6ccc54)cc3)nc(-c3ccccc3)n2)cc1. The molecule has 266 valence electrons. The molecule has 5 heteroatoms. The average molecular weight is 729 g/mol. The molecule has 0 saturated carbocycles. The Kier molecular flexibility index (Phi) is 6.86. The van der Waals surface area contributed by atoms with Crippen LogP contribution in [0.5, 0.6) is 0 Å². The Balaban J connectivity index is 1.04. The van der Waals surface area contributed by atoms with E-state index in [9.17, 15) is 0 Å². The highest BCUT2D eigenvalue weighted by atomic mass is 16.3. The van der Waals surface area contributed by atoms with Crippen LogP contribution in [0.15, 0.2) is 199 Å². The first kappa shape index (κ1) is 31.6. The van der Waals surface area contributed by atoms with E-state index in [1.165, 1.54) is 5.39 Å². The van der Waals surface area contributed by atoms with E-state index < -0.39 is 0 Å². The molecule has 0 spiro atoms. The zero-order valence-corrected chi connectivity index (χ0v) is 30.7. The van der Waals surface area contributed by atoms with Crippen LogP contribution in [0.4, 0.5) is 0 Å². The summed E-state index contributed by atoms with van der Waals surface area (Å²) >= 11 is 0. The largest absolute Gasteiger partial charge is 0.455 e. The first-order chi connectivity index (χ1) is 28.3. The Bertz CT molecular complexity index is 3430. The molecule has 12 aromatic rings. The Morgan fingerprint density at radius 2 is 0.772 bits per heavy atom. The summed E-state index contributed by atoms with van der Waals surface area (Å²) < 4.78 is 11.8. The van der Waals surface area contributed by atoms with E-state index in [1.54, 1.807) is 0 Å². The van der Waals surface area contributed by atoms with Crippen LogP contribution in [-0.2, 0) is 0 Å². The number of nitrogens with zero attached hydrogens (tertiary/aromatic N) is 4. The number of hydrogen-bond donors (Lipinski definition) is 0. The van der Waals surface area contributed by atoms with Gasteiger partial charge < -0.3 is 13.6 Å². The minimum absolute atomic E-state index is 0.704. The summed E-state index contributed by atoms with van der Waals surface area (Å²) in [5.74, 6) is 0.704. The van der Waals surface area contributed by atoms with Gasteiger partial charge in [-0.15, -0.1) is 0 Å². The molecular weight excluding hydrogens is 697 g/mol. The molecule has 4 heterocycles. The van der Waals surface area contributed by atoms with E-state index in [1.807, 2.05) is 36.4 Å². The molecule has 0 unspecified atom stereocenters. The second-order valence-electron chi connectivity index (χ2n) is 14.6. The third-order valence-corrected chi connectivity index (χ3v) is 11.3. The van der Waals surface area contributed by atoms with Crippen LogP contribution in [0.2, 0.25) is 0 Å². The van der Waals surface area contributed by atoms with Crippen LogP contribution in [0.25, 0.3) is 111 Å². The zero-order valence-electron chi connectivity index (χ0n) is 30.7. The summed E-state index contributed by atoms with van der Waals surface area (Å²) in [5, 5.41) is 6.80. The minimum atomic E-state index is 0.704. The normalized spacial score (nSPS) is 11.9. The Hall–Kier alpha value is -7.76. The van der Waals surface area contributed by atoms with Gasteiger partial charge in [0, 0.05) is 49.6 Å².